The van der Waals surface area contributed by atoms with Crippen molar-refractivity contribution in [3.63, 3.8) is 0 Å². The molecule has 1 amide bonds. The summed E-state index contributed by atoms with van der Waals surface area (Å²) in [5, 5.41) is 14.3. The predicted octanol–water partition coefficient (Wildman–Crippen LogP) is 3.20. The maximum absolute atomic E-state index is 12.5. The van der Waals surface area contributed by atoms with Gasteiger partial charge in [0.05, 0.1) is 4.92 Å². The number of rotatable bonds is 4. The van der Waals surface area contributed by atoms with Crippen LogP contribution in [0.2, 0.25) is 0 Å². The van der Waals surface area contributed by atoms with Crippen LogP contribution in [0, 0.1) is 13.7 Å². The molecule has 2 aromatic carbocycles. The van der Waals surface area contributed by atoms with Crippen LogP contribution in [0.15, 0.2) is 42.5 Å². The number of hydrogen-bond acceptors (Lipinski definition) is 5. The van der Waals surface area contributed by atoms with E-state index in [0.717, 1.165) is 29.7 Å². The van der Waals surface area contributed by atoms with Crippen LogP contribution >= 0.6 is 22.6 Å². The first kappa shape index (κ1) is 18.6. The fourth-order valence-corrected chi connectivity index (χ4v) is 3.44. The highest BCUT2D eigenvalue weighted by Crippen LogP contribution is 2.30. The lowest BCUT2D eigenvalue weighted by molar-refractivity contribution is -0.384. The van der Waals surface area contributed by atoms with Gasteiger partial charge in [0, 0.05) is 47.1 Å². The van der Waals surface area contributed by atoms with Crippen LogP contribution in [0.3, 0.4) is 0 Å². The Bertz CT molecular complexity index is 835. The molecule has 8 heteroatoms. The van der Waals surface area contributed by atoms with Crippen molar-refractivity contribution in [2.75, 3.05) is 43.4 Å². The van der Waals surface area contributed by atoms with Crippen LogP contribution < -0.4 is 10.2 Å². The molecule has 0 aromatic heterocycles. The molecule has 0 radical (unpaired) electrons. The van der Waals surface area contributed by atoms with Gasteiger partial charge < -0.3 is 15.1 Å². The molecule has 1 fully saturated rings. The highest BCUT2D eigenvalue weighted by molar-refractivity contribution is 14.1. The zero-order valence-electron chi connectivity index (χ0n) is 14.3. The minimum absolute atomic E-state index is 0.0372. The first-order chi connectivity index (χ1) is 12.4. The highest BCUT2D eigenvalue weighted by Gasteiger charge is 2.24. The van der Waals surface area contributed by atoms with Crippen molar-refractivity contribution in [2.45, 2.75) is 0 Å². The van der Waals surface area contributed by atoms with Gasteiger partial charge in [0.15, 0.2) is 0 Å². The lowest BCUT2D eigenvalue weighted by atomic mass is 10.1. The van der Waals surface area contributed by atoms with E-state index in [1.54, 1.807) is 18.2 Å². The Morgan fingerprint density at radius 1 is 1.15 bits per heavy atom. The van der Waals surface area contributed by atoms with E-state index in [4.69, 9.17) is 0 Å². The number of nitrogens with zero attached hydrogens (tertiary/aromatic N) is 3. The molecule has 7 nitrogen and oxygen atoms in total. The topological polar surface area (TPSA) is 78.7 Å². The number of likely N-dealkylation sites (N-methyl/N-ethyl adjacent to an activating group) is 1. The number of benzene rings is 2. The number of carbonyl (C=O) groups excluding carboxylic acids is 1. The van der Waals surface area contributed by atoms with Crippen LogP contribution in [-0.4, -0.2) is 49.0 Å². The maximum Gasteiger partial charge on any atom is 0.293 e. The first-order valence-electron chi connectivity index (χ1n) is 8.23. The largest absolute Gasteiger partial charge is 0.363 e. The number of amides is 1. The summed E-state index contributed by atoms with van der Waals surface area (Å²) in [6.45, 7) is 3.16. The van der Waals surface area contributed by atoms with Crippen molar-refractivity contribution < 1.29 is 9.72 Å². The van der Waals surface area contributed by atoms with Gasteiger partial charge in [-0.05, 0) is 60.0 Å². The Labute approximate surface area is 165 Å². The summed E-state index contributed by atoms with van der Waals surface area (Å²) >= 11 is 2.16. The molecule has 1 aliphatic heterocycles. The number of nitrogens with one attached hydrogen (secondary N) is 1. The van der Waals surface area contributed by atoms with Gasteiger partial charge in [-0.1, -0.05) is 6.07 Å². The molecule has 1 aliphatic rings. The third-order valence-corrected chi connectivity index (χ3v) is 5.03. The fourth-order valence-electron chi connectivity index (χ4n) is 2.90. The second kappa shape index (κ2) is 8.00. The summed E-state index contributed by atoms with van der Waals surface area (Å²) in [4.78, 5) is 27.8. The molecule has 0 bridgehead atoms. The quantitative estimate of drug-likeness (QED) is 0.426. The van der Waals surface area contributed by atoms with Gasteiger partial charge in [-0.15, -0.1) is 0 Å². The smallest absolute Gasteiger partial charge is 0.293 e. The standard InChI is InChI=1S/C18H19IN4O3/c1-21-7-9-22(10-8-21)16-6-5-13(11-17(16)23(25)26)18(24)20-15-4-2-3-14(19)12-15/h2-6,11-12H,7-10H2,1H3,(H,20,24). The van der Waals surface area contributed by atoms with Gasteiger partial charge in [-0.25, -0.2) is 0 Å². The number of nitro benzene ring substituents is 1. The molecule has 0 saturated carbocycles. The van der Waals surface area contributed by atoms with Crippen LogP contribution in [-0.2, 0) is 0 Å². The summed E-state index contributed by atoms with van der Waals surface area (Å²) in [7, 11) is 2.03. The van der Waals surface area contributed by atoms with Crippen LogP contribution in [0.5, 0.6) is 0 Å². The number of piperazine rings is 1. The third-order valence-electron chi connectivity index (χ3n) is 4.36. The zero-order valence-corrected chi connectivity index (χ0v) is 16.5. The lowest BCUT2D eigenvalue weighted by Crippen LogP contribution is -2.44. The second-order valence-corrected chi connectivity index (χ2v) is 7.46. The van der Waals surface area contributed by atoms with E-state index in [0.29, 0.717) is 11.4 Å². The Morgan fingerprint density at radius 2 is 1.88 bits per heavy atom. The number of anilines is 2. The Morgan fingerprint density at radius 3 is 2.54 bits per heavy atom. The molecule has 0 atom stereocenters. The summed E-state index contributed by atoms with van der Waals surface area (Å²) in [6, 6.07) is 12.1. The number of hydrogen-bond donors (Lipinski definition) is 1. The fraction of sp³-hybridized carbons (Fsp3) is 0.278. The summed E-state index contributed by atoms with van der Waals surface area (Å²) in [6.07, 6.45) is 0. The molecule has 0 aliphatic carbocycles. The van der Waals surface area contributed by atoms with Gasteiger partial charge in [0.25, 0.3) is 11.6 Å². The minimum atomic E-state index is -0.421. The van der Waals surface area contributed by atoms with E-state index in [9.17, 15) is 14.9 Å². The molecule has 3 rings (SSSR count). The SMILES string of the molecule is CN1CCN(c2ccc(C(=O)Nc3cccc(I)c3)cc2[N+](=O)[O-])CC1. The minimum Gasteiger partial charge on any atom is -0.363 e. The normalized spacial score (nSPS) is 14.9. The van der Waals surface area contributed by atoms with Crippen LogP contribution in [0.25, 0.3) is 0 Å². The molecule has 136 valence electrons. The molecule has 1 N–H and O–H groups in total. The van der Waals surface area contributed by atoms with E-state index < -0.39 is 4.92 Å². The van der Waals surface area contributed by atoms with E-state index in [1.807, 2.05) is 30.1 Å². The van der Waals surface area contributed by atoms with Crippen LogP contribution in [0.1, 0.15) is 10.4 Å². The van der Waals surface area contributed by atoms with Gasteiger partial charge in [-0.3, -0.25) is 14.9 Å². The van der Waals surface area contributed by atoms with Crippen molar-refractivity contribution in [1.29, 1.82) is 0 Å². The first-order valence-corrected chi connectivity index (χ1v) is 9.31. The molecule has 26 heavy (non-hydrogen) atoms. The summed E-state index contributed by atoms with van der Waals surface area (Å²) < 4.78 is 0.997. The van der Waals surface area contributed by atoms with Crippen molar-refractivity contribution in [3.8, 4) is 0 Å². The van der Waals surface area contributed by atoms with E-state index >= 15 is 0 Å². The monoisotopic (exact) mass is 466 g/mol. The van der Waals surface area contributed by atoms with Crippen molar-refractivity contribution in [3.05, 3.63) is 61.7 Å². The highest BCUT2D eigenvalue weighted by atomic mass is 127. The Kier molecular flexibility index (Phi) is 5.72. The number of carbonyl (C=O) groups is 1. The molecule has 0 spiro atoms. The predicted molar refractivity (Wildman–Crippen MR) is 110 cm³/mol. The average Bonchev–Trinajstić information content (AvgIpc) is 2.62. The van der Waals surface area contributed by atoms with Gasteiger partial charge in [0.2, 0.25) is 0 Å². The van der Waals surface area contributed by atoms with Crippen molar-refractivity contribution in [1.82, 2.24) is 4.90 Å². The van der Waals surface area contributed by atoms with E-state index in [-0.39, 0.29) is 17.2 Å². The maximum atomic E-state index is 12.5. The third kappa shape index (κ3) is 4.31. The van der Waals surface area contributed by atoms with Gasteiger partial charge >= 0.3 is 0 Å². The van der Waals surface area contributed by atoms with E-state index in [2.05, 4.69) is 32.8 Å². The van der Waals surface area contributed by atoms with Gasteiger partial charge in [-0.2, -0.15) is 0 Å². The van der Waals surface area contributed by atoms with E-state index in [1.165, 1.54) is 6.07 Å². The van der Waals surface area contributed by atoms with Crippen LogP contribution in [0.4, 0.5) is 17.1 Å². The molecule has 1 saturated heterocycles. The Hall–Kier alpha value is -2.20. The molecule has 1 heterocycles. The molecular formula is C18H19IN4O3. The molecular weight excluding hydrogens is 447 g/mol. The molecule has 0 unspecified atom stereocenters. The van der Waals surface area contributed by atoms with Crippen molar-refractivity contribution in [2.24, 2.45) is 0 Å². The molecule has 2 aromatic rings. The zero-order chi connectivity index (χ0) is 18.7. The average molecular weight is 466 g/mol. The lowest BCUT2D eigenvalue weighted by Gasteiger charge is -2.33. The number of halogens is 1. The second-order valence-electron chi connectivity index (χ2n) is 6.22. The van der Waals surface area contributed by atoms with Crippen molar-refractivity contribution >= 4 is 45.6 Å². The Balaban J connectivity index is 1.83. The summed E-state index contributed by atoms with van der Waals surface area (Å²) in [5.41, 5.74) is 1.46. The summed E-state index contributed by atoms with van der Waals surface area (Å²) in [5.74, 6) is -0.361. The number of nitro groups is 1. The van der Waals surface area contributed by atoms with Gasteiger partial charge in [0.1, 0.15) is 5.69 Å².